The SMILES string of the molecule is CNC(=O)C(C)NCc1cc2c(cc1Br)OCO2. The predicted molar refractivity (Wildman–Crippen MR) is 70.6 cm³/mol. The van der Waals surface area contributed by atoms with Gasteiger partial charge in [-0.25, -0.2) is 0 Å². The molecule has 0 saturated carbocycles. The number of hydrogen-bond acceptors (Lipinski definition) is 4. The molecule has 1 aliphatic rings. The quantitative estimate of drug-likeness (QED) is 0.882. The minimum absolute atomic E-state index is 0.0353. The van der Waals surface area contributed by atoms with Gasteiger partial charge in [0, 0.05) is 18.1 Å². The first kappa shape index (κ1) is 13.2. The molecule has 2 rings (SSSR count). The molecule has 1 atom stereocenters. The first-order chi connectivity index (χ1) is 8.61. The smallest absolute Gasteiger partial charge is 0.236 e. The van der Waals surface area contributed by atoms with Crippen LogP contribution in [-0.2, 0) is 11.3 Å². The lowest BCUT2D eigenvalue weighted by atomic mass is 10.2. The molecule has 98 valence electrons. The Bertz CT molecular complexity index is 465. The molecule has 1 aliphatic heterocycles. The third kappa shape index (κ3) is 2.76. The molecule has 0 spiro atoms. The highest BCUT2D eigenvalue weighted by Gasteiger charge is 2.17. The van der Waals surface area contributed by atoms with Gasteiger partial charge in [-0.15, -0.1) is 0 Å². The van der Waals surface area contributed by atoms with Crippen molar-refractivity contribution in [3.8, 4) is 11.5 Å². The molecule has 0 saturated heterocycles. The lowest BCUT2D eigenvalue weighted by Gasteiger charge is -2.13. The van der Waals surface area contributed by atoms with Crippen molar-refractivity contribution >= 4 is 21.8 Å². The van der Waals surface area contributed by atoms with Gasteiger partial charge in [0.05, 0.1) is 6.04 Å². The van der Waals surface area contributed by atoms with Crippen molar-refractivity contribution in [2.24, 2.45) is 0 Å². The second-order valence-electron chi connectivity index (χ2n) is 4.01. The van der Waals surface area contributed by atoms with Crippen molar-refractivity contribution in [3.05, 3.63) is 22.2 Å². The van der Waals surface area contributed by atoms with Crippen LogP contribution in [0.4, 0.5) is 0 Å². The number of benzene rings is 1. The summed E-state index contributed by atoms with van der Waals surface area (Å²) in [5.74, 6) is 1.44. The molecule has 1 aromatic rings. The number of rotatable bonds is 4. The van der Waals surface area contributed by atoms with Crippen molar-refractivity contribution in [2.45, 2.75) is 19.5 Å². The maximum atomic E-state index is 11.4. The van der Waals surface area contributed by atoms with Crippen molar-refractivity contribution in [2.75, 3.05) is 13.8 Å². The summed E-state index contributed by atoms with van der Waals surface area (Å²) in [7, 11) is 1.62. The molecule has 2 N–H and O–H groups in total. The molecule has 1 amide bonds. The number of halogens is 1. The van der Waals surface area contributed by atoms with Gasteiger partial charge in [-0.05, 0) is 24.6 Å². The van der Waals surface area contributed by atoms with Gasteiger partial charge in [0.1, 0.15) is 0 Å². The number of carbonyl (C=O) groups excluding carboxylic acids is 1. The molecule has 6 heteroatoms. The highest BCUT2D eigenvalue weighted by atomic mass is 79.9. The normalized spacial score (nSPS) is 14.4. The van der Waals surface area contributed by atoms with E-state index < -0.39 is 0 Å². The molecule has 0 aliphatic carbocycles. The summed E-state index contributed by atoms with van der Waals surface area (Å²) >= 11 is 3.48. The number of carbonyl (C=O) groups is 1. The van der Waals surface area contributed by atoms with Crippen molar-refractivity contribution in [3.63, 3.8) is 0 Å². The summed E-state index contributed by atoms with van der Waals surface area (Å²) < 4.78 is 11.5. The summed E-state index contributed by atoms with van der Waals surface area (Å²) in [6.45, 7) is 2.65. The molecule has 0 fully saturated rings. The molecule has 0 radical (unpaired) electrons. The zero-order valence-corrected chi connectivity index (χ0v) is 11.8. The molecular formula is C12H15BrN2O3. The van der Waals surface area contributed by atoms with Crippen LogP contribution >= 0.6 is 15.9 Å². The Labute approximate surface area is 114 Å². The standard InChI is InChI=1S/C12H15BrN2O3/c1-7(12(16)14-2)15-5-8-3-10-11(4-9(8)13)18-6-17-10/h3-4,7,15H,5-6H2,1-2H3,(H,14,16). The number of ether oxygens (including phenoxy) is 2. The van der Waals surface area contributed by atoms with Crippen molar-refractivity contribution in [1.29, 1.82) is 0 Å². The molecule has 1 unspecified atom stereocenters. The van der Waals surface area contributed by atoms with Gasteiger partial charge < -0.3 is 20.1 Å². The van der Waals surface area contributed by atoms with E-state index in [0.717, 1.165) is 21.5 Å². The molecular weight excluding hydrogens is 300 g/mol. The van der Waals surface area contributed by atoms with Crippen LogP contribution in [0.15, 0.2) is 16.6 Å². The van der Waals surface area contributed by atoms with Gasteiger partial charge in [0.15, 0.2) is 11.5 Å². The molecule has 0 bridgehead atoms. The van der Waals surface area contributed by atoms with E-state index >= 15 is 0 Å². The Morgan fingerprint density at radius 2 is 2.11 bits per heavy atom. The average molecular weight is 315 g/mol. The van der Waals surface area contributed by atoms with E-state index in [0.29, 0.717) is 6.54 Å². The zero-order chi connectivity index (χ0) is 13.1. The van der Waals surface area contributed by atoms with E-state index in [1.54, 1.807) is 7.05 Å². The van der Waals surface area contributed by atoms with E-state index in [2.05, 4.69) is 26.6 Å². The fraction of sp³-hybridized carbons (Fsp3) is 0.417. The van der Waals surface area contributed by atoms with Crippen molar-refractivity contribution in [1.82, 2.24) is 10.6 Å². The predicted octanol–water partition coefficient (Wildman–Crippen LogP) is 1.40. The number of likely N-dealkylation sites (N-methyl/N-ethyl adjacent to an activating group) is 1. The van der Waals surface area contributed by atoms with Crippen LogP contribution in [-0.4, -0.2) is 25.8 Å². The Balaban J connectivity index is 2.04. The first-order valence-corrected chi connectivity index (χ1v) is 6.44. The molecule has 1 aromatic carbocycles. The molecule has 0 aromatic heterocycles. The van der Waals surface area contributed by atoms with Crippen LogP contribution in [0.5, 0.6) is 11.5 Å². The molecule has 1 heterocycles. The average Bonchev–Trinajstić information content (AvgIpc) is 2.81. The van der Waals surface area contributed by atoms with Gasteiger partial charge in [0.2, 0.25) is 12.7 Å². The van der Waals surface area contributed by atoms with Gasteiger partial charge in [0.25, 0.3) is 0 Å². The van der Waals surface area contributed by atoms with Gasteiger partial charge in [-0.1, -0.05) is 15.9 Å². The summed E-state index contributed by atoms with van der Waals surface area (Å²) in [5, 5.41) is 5.74. The Hall–Kier alpha value is -1.27. The number of hydrogen-bond donors (Lipinski definition) is 2. The van der Waals surface area contributed by atoms with E-state index in [9.17, 15) is 4.79 Å². The minimum atomic E-state index is -0.243. The Kier molecular flexibility index (Phi) is 4.08. The second kappa shape index (κ2) is 5.58. The maximum Gasteiger partial charge on any atom is 0.236 e. The number of amides is 1. The van der Waals surface area contributed by atoms with E-state index in [1.807, 2.05) is 19.1 Å². The van der Waals surface area contributed by atoms with Crippen LogP contribution < -0.4 is 20.1 Å². The highest BCUT2D eigenvalue weighted by molar-refractivity contribution is 9.10. The lowest BCUT2D eigenvalue weighted by Crippen LogP contribution is -2.40. The molecule has 18 heavy (non-hydrogen) atoms. The van der Waals surface area contributed by atoms with E-state index in [1.165, 1.54) is 0 Å². The zero-order valence-electron chi connectivity index (χ0n) is 10.2. The monoisotopic (exact) mass is 314 g/mol. The summed E-state index contributed by atoms with van der Waals surface area (Å²) in [4.78, 5) is 11.4. The van der Waals surface area contributed by atoms with Crippen LogP contribution in [0.3, 0.4) is 0 Å². The summed E-state index contributed by atoms with van der Waals surface area (Å²) in [6, 6.07) is 3.55. The Morgan fingerprint density at radius 3 is 2.78 bits per heavy atom. The number of nitrogens with one attached hydrogen (secondary N) is 2. The summed E-state index contributed by atoms with van der Waals surface area (Å²) in [6.07, 6.45) is 0. The van der Waals surface area contributed by atoms with Crippen LogP contribution in [0.1, 0.15) is 12.5 Å². The van der Waals surface area contributed by atoms with E-state index in [-0.39, 0.29) is 18.7 Å². The molecule has 5 nitrogen and oxygen atoms in total. The second-order valence-corrected chi connectivity index (χ2v) is 4.87. The highest BCUT2D eigenvalue weighted by Crippen LogP contribution is 2.36. The van der Waals surface area contributed by atoms with Crippen molar-refractivity contribution < 1.29 is 14.3 Å². The van der Waals surface area contributed by atoms with Crippen LogP contribution in [0.2, 0.25) is 0 Å². The van der Waals surface area contributed by atoms with Crippen LogP contribution in [0.25, 0.3) is 0 Å². The fourth-order valence-corrected chi connectivity index (χ4v) is 2.13. The first-order valence-electron chi connectivity index (χ1n) is 5.65. The maximum absolute atomic E-state index is 11.4. The third-order valence-electron chi connectivity index (χ3n) is 2.78. The third-order valence-corrected chi connectivity index (χ3v) is 3.52. The summed E-state index contributed by atoms with van der Waals surface area (Å²) in [5.41, 5.74) is 1.02. The number of fused-ring (bicyclic) bond motifs is 1. The van der Waals surface area contributed by atoms with Crippen LogP contribution in [0, 0.1) is 0 Å². The lowest BCUT2D eigenvalue weighted by molar-refractivity contribution is -0.122. The Morgan fingerprint density at radius 1 is 1.44 bits per heavy atom. The topological polar surface area (TPSA) is 59.6 Å². The van der Waals surface area contributed by atoms with Gasteiger partial charge in [-0.3, -0.25) is 4.79 Å². The largest absolute Gasteiger partial charge is 0.454 e. The van der Waals surface area contributed by atoms with Gasteiger partial charge >= 0.3 is 0 Å². The minimum Gasteiger partial charge on any atom is -0.454 e. The fourth-order valence-electron chi connectivity index (χ4n) is 1.67. The van der Waals surface area contributed by atoms with Gasteiger partial charge in [-0.2, -0.15) is 0 Å². The van der Waals surface area contributed by atoms with E-state index in [4.69, 9.17) is 9.47 Å².